The zero-order valence-electron chi connectivity index (χ0n) is 15.6. The summed E-state index contributed by atoms with van der Waals surface area (Å²) < 4.78 is 1.65. The Hall–Kier alpha value is -2.66. The van der Waals surface area contributed by atoms with Crippen LogP contribution in [0.3, 0.4) is 0 Å². The summed E-state index contributed by atoms with van der Waals surface area (Å²) in [5, 5.41) is 4.95. The maximum atomic E-state index is 12.5. The van der Waals surface area contributed by atoms with Gasteiger partial charge in [0.05, 0.1) is 0 Å². The lowest BCUT2D eigenvalue weighted by Gasteiger charge is -2.26. The molecule has 5 heteroatoms. The molecule has 0 fully saturated rings. The van der Waals surface area contributed by atoms with E-state index in [0.717, 1.165) is 5.69 Å². The lowest BCUT2D eigenvalue weighted by molar-refractivity contribution is -0.122. The summed E-state index contributed by atoms with van der Waals surface area (Å²) in [7, 11) is 0. The van der Waals surface area contributed by atoms with Crippen molar-refractivity contribution >= 4 is 17.2 Å². The fourth-order valence-corrected chi connectivity index (χ4v) is 4.15. The average Bonchev–Trinajstić information content (AvgIpc) is 3.00. The molecule has 0 aliphatic carbocycles. The van der Waals surface area contributed by atoms with E-state index in [1.54, 1.807) is 4.57 Å². The number of carbonyl (C=O) groups is 1. The van der Waals surface area contributed by atoms with Crippen molar-refractivity contribution in [3.05, 3.63) is 92.5 Å². The number of nitrogens with one attached hydrogen (secondary N) is 1. The smallest absolute Gasteiger partial charge is 0.307 e. The molecule has 1 aromatic heterocycles. The van der Waals surface area contributed by atoms with E-state index < -0.39 is 0 Å². The van der Waals surface area contributed by atoms with E-state index in [-0.39, 0.29) is 29.2 Å². The minimum atomic E-state index is -0.0670. The number of hydrogen-bond donors (Lipinski definition) is 1. The van der Waals surface area contributed by atoms with Crippen molar-refractivity contribution in [2.24, 2.45) is 0 Å². The Morgan fingerprint density at radius 2 is 1.59 bits per heavy atom. The third-order valence-electron chi connectivity index (χ3n) is 4.74. The maximum Gasteiger partial charge on any atom is 0.307 e. The van der Waals surface area contributed by atoms with Crippen LogP contribution < -0.4 is 10.2 Å². The number of carbonyl (C=O) groups excluding carboxylic acids is 1. The predicted molar refractivity (Wildman–Crippen MR) is 110 cm³/mol. The summed E-state index contributed by atoms with van der Waals surface area (Å²) in [5.41, 5.74) is 3.24. The zero-order valence-corrected chi connectivity index (χ0v) is 16.4. The van der Waals surface area contributed by atoms with E-state index in [9.17, 15) is 9.59 Å². The van der Waals surface area contributed by atoms with Gasteiger partial charge in [-0.25, -0.2) is 0 Å². The quantitative estimate of drug-likeness (QED) is 0.675. The van der Waals surface area contributed by atoms with Gasteiger partial charge in [0.1, 0.15) is 0 Å². The van der Waals surface area contributed by atoms with Gasteiger partial charge in [-0.15, -0.1) is 0 Å². The second-order valence-corrected chi connectivity index (χ2v) is 7.52. The molecule has 4 nitrogen and oxygen atoms in total. The van der Waals surface area contributed by atoms with E-state index in [1.807, 2.05) is 55.6 Å². The van der Waals surface area contributed by atoms with Crippen LogP contribution in [0.2, 0.25) is 0 Å². The molecule has 1 heterocycles. The molecule has 140 valence electrons. The van der Waals surface area contributed by atoms with Gasteiger partial charge < -0.3 is 9.88 Å². The second kappa shape index (κ2) is 8.82. The Bertz CT molecular complexity index is 892. The molecule has 0 aliphatic rings. The zero-order chi connectivity index (χ0) is 19.2. The van der Waals surface area contributed by atoms with E-state index in [0.29, 0.717) is 6.54 Å². The van der Waals surface area contributed by atoms with Gasteiger partial charge in [-0.05, 0) is 25.0 Å². The van der Waals surface area contributed by atoms with Crippen LogP contribution in [0.15, 0.2) is 70.8 Å². The van der Waals surface area contributed by atoms with Gasteiger partial charge in [0, 0.05) is 36.0 Å². The summed E-state index contributed by atoms with van der Waals surface area (Å²) >= 11 is 1.17. The first kappa shape index (κ1) is 19.1. The molecule has 0 saturated heterocycles. The SMILES string of the molecule is Cc1csc(=O)n1CCC(=O)NC(C)C(c1ccccc1)c1ccccc1. The van der Waals surface area contributed by atoms with Crippen LogP contribution in [0.1, 0.15) is 36.1 Å². The van der Waals surface area contributed by atoms with Crippen molar-refractivity contribution in [1.29, 1.82) is 0 Å². The molecule has 0 aliphatic heterocycles. The third-order valence-corrected chi connectivity index (χ3v) is 5.63. The molecule has 27 heavy (non-hydrogen) atoms. The summed E-state index contributed by atoms with van der Waals surface area (Å²) in [6.07, 6.45) is 0.290. The highest BCUT2D eigenvalue weighted by Crippen LogP contribution is 2.28. The number of nitrogens with zero attached hydrogens (tertiary/aromatic N) is 1. The Balaban J connectivity index is 1.72. The fraction of sp³-hybridized carbons (Fsp3) is 0.273. The number of aromatic nitrogens is 1. The number of benzene rings is 2. The van der Waals surface area contributed by atoms with Gasteiger partial charge in [0.2, 0.25) is 5.91 Å². The minimum absolute atomic E-state index is 0.0141. The van der Waals surface area contributed by atoms with Gasteiger partial charge in [-0.2, -0.15) is 0 Å². The molecule has 1 atom stereocenters. The first-order valence-electron chi connectivity index (χ1n) is 9.10. The molecule has 2 aromatic carbocycles. The standard InChI is InChI=1S/C22H24N2O2S/c1-16-15-27-22(26)24(16)14-13-20(25)23-17(2)21(18-9-5-3-6-10-18)19-11-7-4-8-12-19/h3-12,15,17,21H,13-14H2,1-2H3,(H,23,25). The van der Waals surface area contributed by atoms with Crippen LogP contribution in [0.25, 0.3) is 0 Å². The second-order valence-electron chi connectivity index (χ2n) is 6.70. The lowest BCUT2D eigenvalue weighted by Crippen LogP contribution is -2.38. The van der Waals surface area contributed by atoms with E-state index in [1.165, 1.54) is 22.5 Å². The largest absolute Gasteiger partial charge is 0.353 e. The highest BCUT2D eigenvalue weighted by Gasteiger charge is 2.22. The van der Waals surface area contributed by atoms with Crippen LogP contribution in [0.5, 0.6) is 0 Å². The summed E-state index contributed by atoms with van der Waals surface area (Å²) in [6, 6.07) is 20.4. The van der Waals surface area contributed by atoms with E-state index in [4.69, 9.17) is 0 Å². The van der Waals surface area contributed by atoms with Crippen LogP contribution in [0.4, 0.5) is 0 Å². The molecule has 0 radical (unpaired) electrons. The lowest BCUT2D eigenvalue weighted by atomic mass is 9.86. The Morgan fingerprint density at radius 1 is 1.04 bits per heavy atom. The normalized spacial score (nSPS) is 12.1. The summed E-state index contributed by atoms with van der Waals surface area (Å²) in [5.74, 6) is 0.0267. The number of thiazole rings is 1. The Kier molecular flexibility index (Phi) is 6.24. The van der Waals surface area contributed by atoms with Gasteiger partial charge >= 0.3 is 4.87 Å². The molecule has 3 aromatic rings. The van der Waals surface area contributed by atoms with Crippen molar-refractivity contribution in [2.75, 3.05) is 0 Å². The van der Waals surface area contributed by atoms with E-state index >= 15 is 0 Å². The summed E-state index contributed by atoms with van der Waals surface area (Å²) in [4.78, 5) is 24.3. The number of aryl methyl sites for hydroxylation is 1. The molecule has 0 bridgehead atoms. The predicted octanol–water partition coefficient (Wildman–Crippen LogP) is 3.95. The van der Waals surface area contributed by atoms with Crippen molar-refractivity contribution in [2.45, 2.75) is 38.8 Å². The topological polar surface area (TPSA) is 51.1 Å². The molecular weight excluding hydrogens is 356 g/mol. The van der Waals surface area contributed by atoms with Crippen LogP contribution in [-0.2, 0) is 11.3 Å². The summed E-state index contributed by atoms with van der Waals surface area (Å²) in [6.45, 7) is 4.33. The maximum absolute atomic E-state index is 12.5. The van der Waals surface area contributed by atoms with Crippen LogP contribution in [0, 0.1) is 6.92 Å². The van der Waals surface area contributed by atoms with Gasteiger partial charge in [-0.1, -0.05) is 72.0 Å². The average molecular weight is 381 g/mol. The highest BCUT2D eigenvalue weighted by atomic mass is 32.1. The Morgan fingerprint density at radius 3 is 2.07 bits per heavy atom. The first-order valence-corrected chi connectivity index (χ1v) is 9.98. The van der Waals surface area contributed by atoms with Gasteiger partial charge in [0.25, 0.3) is 0 Å². The van der Waals surface area contributed by atoms with Crippen molar-refractivity contribution in [3.8, 4) is 0 Å². The molecule has 1 amide bonds. The monoisotopic (exact) mass is 380 g/mol. The molecule has 1 N–H and O–H groups in total. The third kappa shape index (κ3) is 4.74. The van der Waals surface area contributed by atoms with Crippen molar-refractivity contribution in [1.82, 2.24) is 9.88 Å². The van der Waals surface area contributed by atoms with E-state index in [2.05, 4.69) is 29.6 Å². The molecule has 0 spiro atoms. The minimum Gasteiger partial charge on any atom is -0.353 e. The number of rotatable bonds is 7. The van der Waals surface area contributed by atoms with Crippen molar-refractivity contribution in [3.63, 3.8) is 0 Å². The molecule has 1 unspecified atom stereocenters. The molecular formula is C22H24N2O2S. The highest BCUT2D eigenvalue weighted by molar-refractivity contribution is 7.07. The first-order chi connectivity index (χ1) is 13.1. The fourth-order valence-electron chi connectivity index (χ4n) is 3.39. The van der Waals surface area contributed by atoms with Gasteiger partial charge in [-0.3, -0.25) is 9.59 Å². The van der Waals surface area contributed by atoms with Crippen LogP contribution >= 0.6 is 11.3 Å². The number of hydrogen-bond acceptors (Lipinski definition) is 3. The molecule has 0 saturated carbocycles. The van der Waals surface area contributed by atoms with Gasteiger partial charge in [0.15, 0.2) is 0 Å². The van der Waals surface area contributed by atoms with Crippen molar-refractivity contribution < 1.29 is 4.79 Å². The Labute approximate surface area is 163 Å². The van der Waals surface area contributed by atoms with Crippen LogP contribution in [-0.4, -0.2) is 16.5 Å². The molecule has 3 rings (SSSR count). The number of amides is 1.